The normalized spacial score (nSPS) is 26.0. The van der Waals surface area contributed by atoms with Crippen LogP contribution in [0.25, 0.3) is 0 Å². The molecule has 1 aliphatic rings. The highest BCUT2D eigenvalue weighted by Gasteiger charge is 2.40. The molecule has 0 saturated carbocycles. The Labute approximate surface area is 212 Å². The van der Waals surface area contributed by atoms with Crippen LogP contribution in [0.15, 0.2) is 42.5 Å². The topological polar surface area (TPSA) is 102 Å². The molecule has 0 radical (unpaired) electrons. The minimum Gasteiger partial charge on any atom is -0.494 e. The molecule has 0 amide bonds. The van der Waals surface area contributed by atoms with Crippen LogP contribution in [0.5, 0.6) is 5.75 Å². The third-order valence-corrected chi connectivity index (χ3v) is 9.35. The summed E-state index contributed by atoms with van der Waals surface area (Å²) in [6.07, 6.45) is 0.867. The maximum atomic E-state index is 10.7. The highest BCUT2D eigenvalue weighted by atomic mass is 32.2. The van der Waals surface area contributed by atoms with E-state index in [1.165, 1.54) is 16.7 Å². The average Bonchev–Trinajstić information content (AvgIpc) is 2.83. The summed E-state index contributed by atoms with van der Waals surface area (Å²) >= 11 is 0. The van der Waals surface area contributed by atoms with Gasteiger partial charge in [-0.2, -0.15) is 0 Å². The van der Waals surface area contributed by atoms with Gasteiger partial charge in [0, 0.05) is 29.6 Å². The Morgan fingerprint density at radius 1 is 1.06 bits per heavy atom. The summed E-state index contributed by atoms with van der Waals surface area (Å²) in [6, 6.07) is 14.5. The molecule has 1 aliphatic heterocycles. The summed E-state index contributed by atoms with van der Waals surface area (Å²) in [6.45, 7) is 8.60. The molecule has 196 valence electrons. The molecule has 7 heteroatoms. The van der Waals surface area contributed by atoms with E-state index in [2.05, 4.69) is 42.8 Å². The van der Waals surface area contributed by atoms with Crippen LogP contribution in [0.1, 0.15) is 47.8 Å². The third kappa shape index (κ3) is 7.68. The fraction of sp³-hybridized carbons (Fsp3) is 0.571. The number of thiol groups is 1. The predicted molar refractivity (Wildman–Crippen MR) is 145 cm³/mol. The van der Waals surface area contributed by atoms with Gasteiger partial charge in [0.1, 0.15) is 11.9 Å². The first-order valence-electron chi connectivity index (χ1n) is 12.5. The number of aliphatic hydroxyl groups is 4. The minimum atomic E-state index is -1.10. The van der Waals surface area contributed by atoms with Crippen molar-refractivity contribution < 1.29 is 25.2 Å². The van der Waals surface area contributed by atoms with E-state index >= 15 is 0 Å². The number of hydrogen-bond acceptors (Lipinski definition) is 6. The summed E-state index contributed by atoms with van der Waals surface area (Å²) < 4.78 is 5.88. The molecule has 6 nitrogen and oxygen atoms in total. The zero-order valence-electron chi connectivity index (χ0n) is 21.4. The Bertz CT molecular complexity index is 935. The quantitative estimate of drug-likeness (QED) is 0.207. The van der Waals surface area contributed by atoms with Crippen LogP contribution in [0.2, 0.25) is 0 Å². The lowest BCUT2D eigenvalue weighted by atomic mass is 9.94. The maximum absolute atomic E-state index is 10.7. The zero-order valence-corrected chi connectivity index (χ0v) is 22.3. The Hall–Kier alpha value is -1.61. The molecule has 2 unspecified atom stereocenters. The van der Waals surface area contributed by atoms with Crippen molar-refractivity contribution in [1.82, 2.24) is 5.32 Å². The van der Waals surface area contributed by atoms with Crippen molar-refractivity contribution in [3.63, 3.8) is 0 Å². The highest BCUT2D eigenvalue weighted by Crippen LogP contribution is 2.48. The van der Waals surface area contributed by atoms with Crippen molar-refractivity contribution in [2.75, 3.05) is 38.3 Å². The van der Waals surface area contributed by atoms with Crippen molar-refractivity contribution >= 4 is 10.9 Å². The molecule has 0 bridgehead atoms. The summed E-state index contributed by atoms with van der Waals surface area (Å²) in [5, 5.41) is 43.4. The van der Waals surface area contributed by atoms with Gasteiger partial charge in [0.15, 0.2) is 0 Å². The van der Waals surface area contributed by atoms with Gasteiger partial charge in [0.2, 0.25) is 0 Å². The van der Waals surface area contributed by atoms with Gasteiger partial charge >= 0.3 is 0 Å². The zero-order chi connectivity index (χ0) is 25.6. The standard InChI is InChI=1S/C28H43NO5S/c1-19-6-9-21(27-26(33)25(32)24(31)16-35(27)4)15-22(19)14-20-7-10-23(11-8-20)34-13-5-12-29-17-28(2,3)18-30/h6-11,15,24-27,29-33,35H,5,12-14,16-18H2,1-4H3/t24-,25-,26-,27?/m1/s1. The molecule has 5 atom stereocenters. The molecule has 35 heavy (non-hydrogen) atoms. The number of aryl methyl sites for hydroxylation is 1. The Balaban J connectivity index is 1.55. The van der Waals surface area contributed by atoms with Crippen molar-refractivity contribution in [1.29, 1.82) is 0 Å². The van der Waals surface area contributed by atoms with Crippen molar-refractivity contribution in [2.24, 2.45) is 5.41 Å². The maximum Gasteiger partial charge on any atom is 0.119 e. The second-order valence-corrected chi connectivity index (χ2v) is 13.1. The van der Waals surface area contributed by atoms with Crippen LogP contribution in [0.4, 0.5) is 0 Å². The average molecular weight is 506 g/mol. The molecule has 1 heterocycles. The first-order valence-corrected chi connectivity index (χ1v) is 14.5. The predicted octanol–water partition coefficient (Wildman–Crippen LogP) is 2.73. The van der Waals surface area contributed by atoms with Gasteiger partial charge < -0.3 is 30.5 Å². The Morgan fingerprint density at radius 2 is 1.77 bits per heavy atom. The van der Waals surface area contributed by atoms with Crippen LogP contribution >= 0.6 is 10.9 Å². The Kier molecular flexibility index (Phi) is 10.0. The largest absolute Gasteiger partial charge is 0.494 e. The van der Waals surface area contributed by atoms with Crippen molar-refractivity contribution in [2.45, 2.75) is 57.2 Å². The molecular formula is C28H43NO5S. The molecule has 1 saturated heterocycles. The third-order valence-electron chi connectivity index (χ3n) is 6.85. The van der Waals surface area contributed by atoms with E-state index in [0.717, 1.165) is 37.2 Å². The molecule has 2 aromatic rings. The van der Waals surface area contributed by atoms with Gasteiger partial charge in [-0.25, -0.2) is 10.9 Å². The molecule has 0 spiro atoms. The van der Waals surface area contributed by atoms with E-state index in [4.69, 9.17) is 4.74 Å². The summed E-state index contributed by atoms with van der Waals surface area (Å²) in [7, 11) is -0.632. The van der Waals surface area contributed by atoms with E-state index in [1.54, 1.807) is 0 Å². The Morgan fingerprint density at radius 3 is 2.46 bits per heavy atom. The molecule has 0 aromatic heterocycles. The number of aliphatic hydroxyl groups excluding tert-OH is 4. The lowest BCUT2D eigenvalue weighted by Crippen LogP contribution is -2.47. The molecule has 2 aromatic carbocycles. The monoisotopic (exact) mass is 505 g/mol. The molecule has 3 rings (SSSR count). The van der Waals surface area contributed by atoms with Gasteiger partial charge in [-0.1, -0.05) is 44.2 Å². The lowest BCUT2D eigenvalue weighted by Gasteiger charge is -2.42. The van der Waals surface area contributed by atoms with E-state index in [1.807, 2.05) is 32.0 Å². The van der Waals surface area contributed by atoms with E-state index in [-0.39, 0.29) is 17.3 Å². The van der Waals surface area contributed by atoms with Crippen LogP contribution < -0.4 is 10.1 Å². The van der Waals surface area contributed by atoms with Crippen LogP contribution in [-0.2, 0) is 6.42 Å². The number of ether oxygens (including phenoxy) is 1. The summed E-state index contributed by atoms with van der Waals surface area (Å²) in [4.78, 5) is 0. The SMILES string of the molecule is Cc1ccc(C2[C@H](O)[C@H](O)[C@H](O)C[SH]2C)cc1Cc1ccc(OCCCNCC(C)(C)CO)cc1. The van der Waals surface area contributed by atoms with Gasteiger partial charge in [-0.05, 0) is 67.0 Å². The molecule has 5 N–H and O–H groups in total. The molecule has 1 fully saturated rings. The lowest BCUT2D eigenvalue weighted by molar-refractivity contribution is -0.0561. The molecule has 0 aliphatic carbocycles. The number of hydrogen-bond donors (Lipinski definition) is 6. The van der Waals surface area contributed by atoms with Crippen LogP contribution in [-0.4, -0.2) is 77.0 Å². The van der Waals surface area contributed by atoms with E-state index < -0.39 is 29.2 Å². The van der Waals surface area contributed by atoms with Gasteiger partial charge in [0.05, 0.1) is 18.8 Å². The minimum absolute atomic E-state index is 0.104. The second kappa shape index (κ2) is 12.6. The highest BCUT2D eigenvalue weighted by molar-refractivity contribution is 8.16. The van der Waals surface area contributed by atoms with E-state index in [9.17, 15) is 20.4 Å². The fourth-order valence-corrected chi connectivity index (χ4v) is 6.90. The second-order valence-electron chi connectivity index (χ2n) is 10.6. The van der Waals surface area contributed by atoms with Gasteiger partial charge in [-0.3, -0.25) is 0 Å². The van der Waals surface area contributed by atoms with Crippen molar-refractivity contribution in [3.05, 3.63) is 64.7 Å². The van der Waals surface area contributed by atoms with Gasteiger partial charge in [0.25, 0.3) is 0 Å². The van der Waals surface area contributed by atoms with Crippen LogP contribution in [0.3, 0.4) is 0 Å². The summed E-state index contributed by atoms with van der Waals surface area (Å²) in [5.74, 6) is 1.39. The van der Waals surface area contributed by atoms with Crippen molar-refractivity contribution in [3.8, 4) is 5.75 Å². The first kappa shape index (κ1) is 28.0. The number of rotatable bonds is 11. The number of nitrogens with one attached hydrogen (secondary N) is 1. The van der Waals surface area contributed by atoms with E-state index in [0.29, 0.717) is 12.4 Å². The van der Waals surface area contributed by atoms with Crippen LogP contribution in [0, 0.1) is 12.3 Å². The molecular weight excluding hydrogens is 462 g/mol. The fourth-order valence-electron chi connectivity index (χ4n) is 4.50. The number of benzene rings is 2. The summed E-state index contributed by atoms with van der Waals surface area (Å²) in [5.41, 5.74) is 4.51. The first-order chi connectivity index (χ1) is 16.6. The smallest absolute Gasteiger partial charge is 0.119 e. The van der Waals surface area contributed by atoms with Gasteiger partial charge in [-0.15, -0.1) is 0 Å².